The number of ether oxygens (including phenoxy) is 2. The maximum absolute atomic E-state index is 12.2. The van der Waals surface area contributed by atoms with Crippen molar-refractivity contribution in [2.24, 2.45) is 0 Å². The summed E-state index contributed by atoms with van der Waals surface area (Å²) in [7, 11) is 1.26. The van der Waals surface area contributed by atoms with E-state index in [-0.39, 0.29) is 23.4 Å². The minimum absolute atomic E-state index is 0.0147. The number of hydrogen-bond donors (Lipinski definition) is 0. The quantitative estimate of drug-likeness (QED) is 0.536. The van der Waals surface area contributed by atoms with Gasteiger partial charge in [-0.25, -0.2) is 0 Å². The van der Waals surface area contributed by atoms with Crippen molar-refractivity contribution in [3.63, 3.8) is 0 Å². The predicted molar refractivity (Wildman–Crippen MR) is 88.9 cm³/mol. The van der Waals surface area contributed by atoms with Gasteiger partial charge in [-0.2, -0.15) is 0 Å². The number of methoxy groups -OCH3 is 1. The molecule has 6 heteroatoms. The Bertz CT molecular complexity index is 548. The summed E-state index contributed by atoms with van der Waals surface area (Å²) >= 11 is -1.44. The summed E-state index contributed by atoms with van der Waals surface area (Å²) in [6.07, 6.45) is 0.260. The number of Topliss-reactive ketones (excluding diaryl/α,β-unsaturated/α-hetero) is 1. The number of rotatable bonds is 7. The molecule has 0 spiro atoms. The van der Waals surface area contributed by atoms with Crippen LogP contribution in [-0.4, -0.2) is 45.0 Å². The van der Waals surface area contributed by atoms with Crippen molar-refractivity contribution in [1.29, 1.82) is 0 Å². The van der Waals surface area contributed by atoms with E-state index in [1.165, 1.54) is 7.11 Å². The van der Waals surface area contributed by atoms with E-state index in [0.29, 0.717) is 0 Å². The van der Waals surface area contributed by atoms with Crippen LogP contribution < -0.4 is 0 Å². The van der Waals surface area contributed by atoms with Crippen LogP contribution in [0.1, 0.15) is 32.8 Å². The molecule has 0 aliphatic carbocycles. The van der Waals surface area contributed by atoms with Crippen LogP contribution in [0.2, 0.25) is 4.71 Å². The number of carbonyl (C=O) groups is 3. The number of hydrogen-bond acceptors (Lipinski definition) is 5. The molecule has 1 unspecified atom stereocenters. The van der Waals surface area contributed by atoms with Gasteiger partial charge >= 0.3 is 143 Å². The zero-order valence-electron chi connectivity index (χ0n) is 13.9. The van der Waals surface area contributed by atoms with Crippen LogP contribution in [0.3, 0.4) is 0 Å². The molecule has 0 heterocycles. The van der Waals surface area contributed by atoms with Crippen molar-refractivity contribution in [3.05, 3.63) is 35.9 Å². The Morgan fingerprint density at radius 1 is 1.13 bits per heavy atom. The maximum atomic E-state index is 12.2. The molecule has 0 aliphatic rings. The van der Waals surface area contributed by atoms with Gasteiger partial charge in [0, 0.05) is 0 Å². The Kier molecular flexibility index (Phi) is 7.50. The third-order valence-corrected chi connectivity index (χ3v) is 5.22. The van der Waals surface area contributed by atoms with Crippen molar-refractivity contribution in [2.75, 3.05) is 7.11 Å². The normalized spacial score (nSPS) is 12.9. The van der Waals surface area contributed by atoms with Crippen LogP contribution >= 0.6 is 0 Å². The van der Waals surface area contributed by atoms with Gasteiger partial charge in [-0.05, 0) is 0 Å². The molecule has 0 bridgehead atoms. The first-order chi connectivity index (χ1) is 10.7. The average Bonchev–Trinajstić information content (AvgIpc) is 2.44. The molecule has 0 N–H and O–H groups in total. The van der Waals surface area contributed by atoms with Crippen LogP contribution in [0.4, 0.5) is 4.79 Å². The van der Waals surface area contributed by atoms with Gasteiger partial charge in [0.05, 0.1) is 0 Å². The molecule has 0 aliphatic heterocycles. The van der Waals surface area contributed by atoms with Gasteiger partial charge in [-0.15, -0.1) is 0 Å². The van der Waals surface area contributed by atoms with Crippen LogP contribution in [-0.2, 0) is 25.5 Å². The summed E-state index contributed by atoms with van der Waals surface area (Å²) in [5.74, 6) is -0.601. The second-order valence-corrected chi connectivity index (χ2v) is 9.05. The van der Waals surface area contributed by atoms with Gasteiger partial charge in [0.1, 0.15) is 0 Å². The summed E-state index contributed by atoms with van der Waals surface area (Å²) in [5, 5.41) is 0. The number of benzene rings is 1. The number of carbonyl (C=O) groups excluding carboxylic acids is 3. The summed E-state index contributed by atoms with van der Waals surface area (Å²) < 4.78 is 8.91. The third kappa shape index (κ3) is 7.98. The van der Waals surface area contributed by atoms with E-state index in [0.717, 1.165) is 5.56 Å². The second-order valence-electron chi connectivity index (χ2n) is 6.13. The molecule has 2 atom stereocenters. The first-order valence-electron chi connectivity index (χ1n) is 7.34. The Morgan fingerprint density at radius 3 is 2.26 bits per heavy atom. The molecular formula is C17H23AsO5. The Morgan fingerprint density at radius 2 is 1.74 bits per heavy atom. The Balaban J connectivity index is 2.66. The molecule has 5 nitrogen and oxygen atoms in total. The van der Waals surface area contributed by atoms with Crippen molar-refractivity contribution < 1.29 is 23.9 Å². The molecule has 0 saturated carbocycles. The summed E-state index contributed by atoms with van der Waals surface area (Å²) in [4.78, 5) is 36.0. The zero-order valence-corrected chi connectivity index (χ0v) is 16.0. The van der Waals surface area contributed by atoms with Gasteiger partial charge < -0.3 is 0 Å². The fraction of sp³-hybridized carbons (Fsp3) is 0.471. The summed E-state index contributed by atoms with van der Waals surface area (Å²) in [5.41, 5.74) is 0.286. The minimum atomic E-state index is -1.44. The van der Waals surface area contributed by atoms with Crippen LogP contribution in [0.25, 0.3) is 0 Å². The fourth-order valence-corrected chi connectivity index (χ4v) is 4.46. The van der Waals surface area contributed by atoms with Gasteiger partial charge in [0.15, 0.2) is 0 Å². The molecule has 1 rings (SSSR count). The predicted octanol–water partition coefficient (Wildman–Crippen LogP) is 2.52. The van der Waals surface area contributed by atoms with E-state index in [9.17, 15) is 14.4 Å². The molecular weight excluding hydrogens is 359 g/mol. The zero-order chi connectivity index (χ0) is 17.5. The van der Waals surface area contributed by atoms with Crippen molar-refractivity contribution >= 4 is 32.3 Å². The molecule has 0 saturated heterocycles. The topological polar surface area (TPSA) is 69.7 Å². The average molecular weight is 382 g/mol. The van der Waals surface area contributed by atoms with E-state index in [1.807, 2.05) is 30.3 Å². The molecule has 1 aromatic carbocycles. The molecule has 0 amide bonds. The molecule has 23 heavy (non-hydrogen) atoms. The fourth-order valence-electron chi connectivity index (χ4n) is 1.91. The molecule has 126 valence electrons. The number of ketones is 1. The van der Waals surface area contributed by atoms with Crippen LogP contribution in [0.5, 0.6) is 0 Å². The van der Waals surface area contributed by atoms with Gasteiger partial charge in [0.2, 0.25) is 0 Å². The van der Waals surface area contributed by atoms with E-state index >= 15 is 0 Å². The third-order valence-electron chi connectivity index (χ3n) is 2.85. The van der Waals surface area contributed by atoms with E-state index < -0.39 is 32.0 Å². The first kappa shape index (κ1) is 19.4. The van der Waals surface area contributed by atoms with E-state index in [2.05, 4.69) is 0 Å². The van der Waals surface area contributed by atoms with Crippen molar-refractivity contribution in [3.8, 4) is 0 Å². The first-order valence-corrected chi connectivity index (χ1v) is 9.60. The summed E-state index contributed by atoms with van der Waals surface area (Å²) in [6.45, 7) is 5.31. The van der Waals surface area contributed by atoms with Gasteiger partial charge in [-0.1, -0.05) is 0 Å². The van der Waals surface area contributed by atoms with Crippen LogP contribution in [0.15, 0.2) is 30.3 Å². The Labute approximate surface area is 143 Å². The number of esters is 1. The monoisotopic (exact) mass is 382 g/mol. The van der Waals surface area contributed by atoms with Crippen LogP contribution in [0, 0.1) is 0 Å². The summed E-state index contributed by atoms with van der Waals surface area (Å²) in [6, 6.07) is 9.30. The molecule has 0 fully saturated rings. The molecule has 0 aromatic heterocycles. The van der Waals surface area contributed by atoms with Gasteiger partial charge in [0.25, 0.3) is 0 Å². The molecule has 0 radical (unpaired) electrons. The molecule has 1 aromatic rings. The SMILES string of the molecule is COC(=O)[C@H](CC(=O)Cc1ccccc1)[AsH]C(=O)OC(C)(C)C. The Hall–Kier alpha value is -1.61. The second kappa shape index (κ2) is 8.87. The standard InChI is InChI=1S/C17H23AsO5/c1-17(2,3)23-16(21)18-14(15(20)22-4)11-13(19)10-12-8-6-5-7-9-12/h5-9,14,18H,10-11H2,1-4H3/t14-/m0/s1. The van der Waals surface area contributed by atoms with E-state index in [4.69, 9.17) is 9.47 Å². The van der Waals surface area contributed by atoms with Gasteiger partial charge in [-0.3, -0.25) is 0 Å². The van der Waals surface area contributed by atoms with Crippen molar-refractivity contribution in [1.82, 2.24) is 0 Å². The van der Waals surface area contributed by atoms with Crippen molar-refractivity contribution in [2.45, 2.75) is 43.9 Å². The van der Waals surface area contributed by atoms with E-state index in [1.54, 1.807) is 20.8 Å².